The molecule has 0 aliphatic carbocycles. The lowest BCUT2D eigenvalue weighted by Gasteiger charge is -2.02. The summed E-state index contributed by atoms with van der Waals surface area (Å²) in [4.78, 5) is 4.27. The van der Waals surface area contributed by atoms with E-state index < -0.39 is 0 Å². The summed E-state index contributed by atoms with van der Waals surface area (Å²) in [6.07, 6.45) is 2.78. The summed E-state index contributed by atoms with van der Waals surface area (Å²) in [5.74, 6) is 0. The fraction of sp³-hybridized carbons (Fsp3) is 0.250. The predicted octanol–water partition coefficient (Wildman–Crippen LogP) is 2.42. The van der Waals surface area contributed by atoms with E-state index >= 15 is 0 Å². The first kappa shape index (κ1) is 9.16. The van der Waals surface area contributed by atoms with Crippen molar-refractivity contribution in [3.05, 3.63) is 42.1 Å². The molecule has 0 aliphatic heterocycles. The Morgan fingerprint density at radius 3 is 3.07 bits per heavy atom. The van der Waals surface area contributed by atoms with Crippen molar-refractivity contribution in [1.29, 1.82) is 0 Å². The van der Waals surface area contributed by atoms with E-state index in [0.29, 0.717) is 0 Å². The van der Waals surface area contributed by atoms with Gasteiger partial charge in [0.25, 0.3) is 0 Å². The van der Waals surface area contributed by atoms with Crippen LogP contribution in [0.5, 0.6) is 0 Å². The number of aromatic nitrogens is 1. The number of methoxy groups -OCH3 is 1. The molecule has 0 bridgehead atoms. The number of benzene rings is 1. The lowest BCUT2D eigenvalue weighted by Crippen LogP contribution is -1.94. The van der Waals surface area contributed by atoms with Crippen LogP contribution in [0, 0.1) is 0 Å². The summed E-state index contributed by atoms with van der Waals surface area (Å²) >= 11 is 0. The van der Waals surface area contributed by atoms with Crippen molar-refractivity contribution in [2.75, 3.05) is 13.7 Å². The predicted molar refractivity (Wildman–Crippen MR) is 57.3 cm³/mol. The number of pyridine rings is 1. The van der Waals surface area contributed by atoms with Crippen LogP contribution >= 0.6 is 0 Å². The fourth-order valence-corrected chi connectivity index (χ4v) is 1.50. The van der Waals surface area contributed by atoms with E-state index in [-0.39, 0.29) is 0 Å². The van der Waals surface area contributed by atoms with Gasteiger partial charge in [0.05, 0.1) is 12.1 Å². The standard InChI is InChI=1S/C12H13NO/c1-14-8-6-10-4-5-12-11(9-10)3-2-7-13-12/h2-5,7,9H,6,8H2,1H3. The van der Waals surface area contributed by atoms with Crippen molar-refractivity contribution < 1.29 is 4.74 Å². The monoisotopic (exact) mass is 187 g/mol. The van der Waals surface area contributed by atoms with Crippen LogP contribution in [0.2, 0.25) is 0 Å². The van der Waals surface area contributed by atoms with E-state index in [2.05, 4.69) is 29.2 Å². The summed E-state index contributed by atoms with van der Waals surface area (Å²) in [7, 11) is 1.72. The van der Waals surface area contributed by atoms with E-state index in [1.807, 2.05) is 12.3 Å². The molecule has 0 spiro atoms. The molecule has 0 fully saturated rings. The van der Waals surface area contributed by atoms with Crippen LogP contribution in [0.1, 0.15) is 5.56 Å². The number of hydrogen-bond donors (Lipinski definition) is 0. The molecule has 0 radical (unpaired) electrons. The summed E-state index contributed by atoms with van der Waals surface area (Å²) < 4.78 is 5.04. The van der Waals surface area contributed by atoms with Crippen LogP contribution in [0.4, 0.5) is 0 Å². The average molecular weight is 187 g/mol. The molecule has 14 heavy (non-hydrogen) atoms. The van der Waals surface area contributed by atoms with Crippen molar-refractivity contribution in [2.45, 2.75) is 6.42 Å². The molecule has 1 aromatic heterocycles. The van der Waals surface area contributed by atoms with Crippen LogP contribution in [0.15, 0.2) is 36.5 Å². The van der Waals surface area contributed by atoms with Gasteiger partial charge in [-0.3, -0.25) is 4.98 Å². The number of nitrogens with zero attached hydrogens (tertiary/aromatic N) is 1. The summed E-state index contributed by atoms with van der Waals surface area (Å²) in [6, 6.07) is 10.4. The molecule has 0 saturated heterocycles. The molecule has 0 atom stereocenters. The summed E-state index contributed by atoms with van der Waals surface area (Å²) in [5, 5.41) is 1.20. The number of rotatable bonds is 3. The minimum Gasteiger partial charge on any atom is -0.384 e. The zero-order chi connectivity index (χ0) is 9.80. The van der Waals surface area contributed by atoms with E-state index in [4.69, 9.17) is 4.74 Å². The maximum absolute atomic E-state index is 5.04. The largest absolute Gasteiger partial charge is 0.384 e. The molecule has 2 aromatic rings. The van der Waals surface area contributed by atoms with Gasteiger partial charge in [-0.2, -0.15) is 0 Å². The van der Waals surface area contributed by atoms with Crippen molar-refractivity contribution in [1.82, 2.24) is 4.98 Å². The third-order valence-electron chi connectivity index (χ3n) is 2.26. The molecule has 72 valence electrons. The van der Waals surface area contributed by atoms with E-state index in [1.54, 1.807) is 7.11 Å². The van der Waals surface area contributed by atoms with Crippen LogP contribution in [-0.4, -0.2) is 18.7 Å². The van der Waals surface area contributed by atoms with Crippen LogP contribution < -0.4 is 0 Å². The fourth-order valence-electron chi connectivity index (χ4n) is 1.50. The van der Waals surface area contributed by atoms with Crippen molar-refractivity contribution in [3.8, 4) is 0 Å². The molecular formula is C12H13NO. The second kappa shape index (κ2) is 4.20. The topological polar surface area (TPSA) is 22.1 Å². The first-order valence-corrected chi connectivity index (χ1v) is 4.73. The summed E-state index contributed by atoms with van der Waals surface area (Å²) in [6.45, 7) is 0.770. The van der Waals surface area contributed by atoms with Gasteiger partial charge in [-0.1, -0.05) is 12.1 Å². The molecule has 0 amide bonds. The highest BCUT2D eigenvalue weighted by atomic mass is 16.5. The first-order valence-electron chi connectivity index (χ1n) is 4.73. The summed E-state index contributed by atoms with van der Waals surface area (Å²) in [5.41, 5.74) is 2.35. The van der Waals surface area contributed by atoms with Gasteiger partial charge in [-0.05, 0) is 30.2 Å². The zero-order valence-corrected chi connectivity index (χ0v) is 8.23. The van der Waals surface area contributed by atoms with Gasteiger partial charge in [0.1, 0.15) is 0 Å². The van der Waals surface area contributed by atoms with Gasteiger partial charge >= 0.3 is 0 Å². The van der Waals surface area contributed by atoms with E-state index in [1.165, 1.54) is 10.9 Å². The van der Waals surface area contributed by atoms with Crippen LogP contribution in [0.25, 0.3) is 10.9 Å². The van der Waals surface area contributed by atoms with Gasteiger partial charge in [-0.25, -0.2) is 0 Å². The normalized spacial score (nSPS) is 10.6. The van der Waals surface area contributed by atoms with Gasteiger partial charge in [-0.15, -0.1) is 0 Å². The Hall–Kier alpha value is -1.41. The molecule has 0 saturated carbocycles. The molecule has 2 nitrogen and oxygen atoms in total. The highest BCUT2D eigenvalue weighted by molar-refractivity contribution is 5.78. The van der Waals surface area contributed by atoms with Gasteiger partial charge in [0.15, 0.2) is 0 Å². The Morgan fingerprint density at radius 2 is 2.21 bits per heavy atom. The van der Waals surface area contributed by atoms with E-state index in [9.17, 15) is 0 Å². The molecule has 2 rings (SSSR count). The first-order chi connectivity index (χ1) is 6.90. The molecule has 0 unspecified atom stereocenters. The second-order valence-corrected chi connectivity index (χ2v) is 3.27. The molecule has 0 N–H and O–H groups in total. The lowest BCUT2D eigenvalue weighted by atomic mass is 10.1. The third-order valence-corrected chi connectivity index (χ3v) is 2.26. The zero-order valence-electron chi connectivity index (χ0n) is 8.23. The Labute approximate surface area is 83.5 Å². The van der Waals surface area contributed by atoms with Gasteiger partial charge in [0.2, 0.25) is 0 Å². The van der Waals surface area contributed by atoms with Crippen molar-refractivity contribution in [2.24, 2.45) is 0 Å². The maximum Gasteiger partial charge on any atom is 0.0702 e. The highest BCUT2D eigenvalue weighted by Crippen LogP contribution is 2.13. The number of ether oxygens (including phenoxy) is 1. The van der Waals surface area contributed by atoms with E-state index in [0.717, 1.165) is 18.5 Å². The van der Waals surface area contributed by atoms with Gasteiger partial charge < -0.3 is 4.74 Å². The number of hydrogen-bond acceptors (Lipinski definition) is 2. The van der Waals surface area contributed by atoms with Crippen LogP contribution in [-0.2, 0) is 11.2 Å². The Kier molecular flexibility index (Phi) is 2.75. The Bertz CT molecular complexity index is 425. The van der Waals surface area contributed by atoms with Gasteiger partial charge in [0, 0.05) is 18.7 Å². The minimum absolute atomic E-state index is 0.770. The lowest BCUT2D eigenvalue weighted by molar-refractivity contribution is 0.202. The quantitative estimate of drug-likeness (QED) is 0.736. The minimum atomic E-state index is 0.770. The number of fused-ring (bicyclic) bond motifs is 1. The highest BCUT2D eigenvalue weighted by Gasteiger charge is 1.96. The molecule has 0 aliphatic rings. The van der Waals surface area contributed by atoms with Crippen molar-refractivity contribution in [3.63, 3.8) is 0 Å². The molecular weight excluding hydrogens is 174 g/mol. The Balaban J connectivity index is 2.32. The molecule has 1 aromatic carbocycles. The third kappa shape index (κ3) is 1.91. The molecule has 2 heteroatoms. The SMILES string of the molecule is COCCc1ccc2ncccc2c1. The van der Waals surface area contributed by atoms with Crippen LogP contribution in [0.3, 0.4) is 0 Å². The smallest absolute Gasteiger partial charge is 0.0702 e. The maximum atomic E-state index is 5.04. The second-order valence-electron chi connectivity index (χ2n) is 3.27. The Morgan fingerprint density at radius 1 is 1.29 bits per heavy atom. The van der Waals surface area contributed by atoms with Crippen molar-refractivity contribution >= 4 is 10.9 Å². The average Bonchev–Trinajstić information content (AvgIpc) is 2.26. The molecule has 1 heterocycles.